The maximum absolute atomic E-state index is 13.6. The number of ether oxygens (including phenoxy) is 1. The molecule has 9 nitrogen and oxygen atoms in total. The Morgan fingerprint density at radius 3 is 2.37 bits per heavy atom. The molecule has 0 spiro atoms. The van der Waals surface area contributed by atoms with Gasteiger partial charge in [0.15, 0.2) is 0 Å². The predicted molar refractivity (Wildman–Crippen MR) is 169 cm³/mol. The van der Waals surface area contributed by atoms with E-state index in [4.69, 9.17) is 9.72 Å². The predicted octanol–water partition coefficient (Wildman–Crippen LogP) is 5.91. The van der Waals surface area contributed by atoms with Crippen molar-refractivity contribution < 1.29 is 22.7 Å². The van der Waals surface area contributed by atoms with E-state index in [1.807, 2.05) is 44.2 Å². The Hall–Kier alpha value is -3.28. The number of hydrogen-bond acceptors (Lipinski definition) is 7. The van der Waals surface area contributed by atoms with Crippen molar-refractivity contribution in [3.8, 4) is 10.4 Å². The fourth-order valence-electron chi connectivity index (χ4n) is 5.11. The molecule has 0 aliphatic heterocycles. The Kier molecular flexibility index (Phi) is 10.6. The van der Waals surface area contributed by atoms with Crippen LogP contribution in [0.25, 0.3) is 10.4 Å². The first kappa shape index (κ1) is 32.6. The quantitative estimate of drug-likeness (QED) is 0.257. The Bertz CT molecular complexity index is 1510. The van der Waals surface area contributed by atoms with Gasteiger partial charge in [0, 0.05) is 35.8 Å². The highest BCUT2D eigenvalue weighted by molar-refractivity contribution is 7.89. The first-order valence-corrected chi connectivity index (χ1v) is 17.0. The third-order valence-electron chi connectivity index (χ3n) is 7.00. The molecule has 1 heterocycles. The monoisotopic (exact) mass is 626 g/mol. The number of benzene rings is 2. The molecule has 2 aromatic carbocycles. The molecule has 232 valence electrons. The van der Waals surface area contributed by atoms with E-state index in [1.165, 1.54) is 11.3 Å². The highest BCUT2D eigenvalue weighted by Gasteiger charge is 2.29. The van der Waals surface area contributed by atoms with E-state index >= 15 is 0 Å². The van der Waals surface area contributed by atoms with Gasteiger partial charge in [0.05, 0.1) is 27.3 Å². The summed E-state index contributed by atoms with van der Waals surface area (Å²) in [4.78, 5) is 30.3. The summed E-state index contributed by atoms with van der Waals surface area (Å²) in [5, 5.41) is 6.81. The maximum Gasteiger partial charge on any atom is 0.407 e. The second kappa shape index (κ2) is 14.0. The number of thiazole rings is 1. The van der Waals surface area contributed by atoms with Gasteiger partial charge < -0.3 is 15.4 Å². The number of aromatic nitrogens is 1. The van der Waals surface area contributed by atoms with Crippen molar-refractivity contribution >= 4 is 33.4 Å². The number of amides is 2. The SMILES string of the molecule is CC(C)OC(=O)NC1CCC(c2ncc(-c3ccc(CC(=O)NCc4ccccc4)cc3S(=O)(=O)NC(C)(C)C)s2)CC1. The van der Waals surface area contributed by atoms with Crippen molar-refractivity contribution in [3.05, 3.63) is 70.9 Å². The van der Waals surface area contributed by atoms with Crippen molar-refractivity contribution in [3.63, 3.8) is 0 Å². The van der Waals surface area contributed by atoms with Crippen LogP contribution in [-0.2, 0) is 32.5 Å². The number of alkyl carbamates (subject to hydrolysis) is 1. The molecule has 3 N–H and O–H groups in total. The molecule has 1 fully saturated rings. The minimum atomic E-state index is -3.91. The second-order valence-corrected chi connectivity index (χ2v) is 15.0. The summed E-state index contributed by atoms with van der Waals surface area (Å²) < 4.78 is 35.2. The number of carbonyl (C=O) groups is 2. The molecule has 2 amide bonds. The van der Waals surface area contributed by atoms with Crippen molar-refractivity contribution in [2.75, 3.05) is 0 Å². The van der Waals surface area contributed by atoms with E-state index < -0.39 is 15.6 Å². The van der Waals surface area contributed by atoms with Crippen molar-refractivity contribution in [1.82, 2.24) is 20.3 Å². The van der Waals surface area contributed by atoms with Gasteiger partial charge in [-0.2, -0.15) is 0 Å². The zero-order chi connectivity index (χ0) is 31.2. The van der Waals surface area contributed by atoms with Gasteiger partial charge in [-0.05, 0) is 77.5 Å². The van der Waals surface area contributed by atoms with Crippen LogP contribution in [0.4, 0.5) is 4.79 Å². The minimum absolute atomic E-state index is 0.0566. The Morgan fingerprint density at radius 1 is 1.02 bits per heavy atom. The number of nitrogens with one attached hydrogen (secondary N) is 3. The van der Waals surface area contributed by atoms with Crippen LogP contribution in [0.2, 0.25) is 0 Å². The average Bonchev–Trinajstić information content (AvgIpc) is 3.41. The number of carbonyl (C=O) groups excluding carboxylic acids is 2. The molecule has 0 bridgehead atoms. The van der Waals surface area contributed by atoms with Crippen LogP contribution in [0.1, 0.15) is 82.4 Å². The Morgan fingerprint density at radius 2 is 1.72 bits per heavy atom. The molecule has 4 rings (SSSR count). The zero-order valence-electron chi connectivity index (χ0n) is 25.5. The van der Waals surface area contributed by atoms with Gasteiger partial charge >= 0.3 is 6.09 Å². The number of rotatable bonds is 10. The lowest BCUT2D eigenvalue weighted by Crippen LogP contribution is -2.40. The molecule has 0 radical (unpaired) electrons. The molecule has 1 saturated carbocycles. The summed E-state index contributed by atoms with van der Waals surface area (Å²) in [5.41, 5.74) is 1.46. The third kappa shape index (κ3) is 9.61. The first-order chi connectivity index (χ1) is 20.3. The lowest BCUT2D eigenvalue weighted by atomic mass is 9.86. The van der Waals surface area contributed by atoms with E-state index in [-0.39, 0.29) is 41.4 Å². The molecule has 0 atom stereocenters. The highest BCUT2D eigenvalue weighted by atomic mass is 32.2. The molecular weight excluding hydrogens is 585 g/mol. The summed E-state index contributed by atoms with van der Waals surface area (Å²) in [6.07, 6.45) is 4.63. The molecule has 11 heteroatoms. The van der Waals surface area contributed by atoms with Crippen LogP contribution < -0.4 is 15.4 Å². The normalized spacial score (nSPS) is 17.4. The molecule has 1 aliphatic rings. The van der Waals surface area contributed by atoms with Crippen LogP contribution in [0.3, 0.4) is 0 Å². The van der Waals surface area contributed by atoms with Gasteiger partial charge in [-0.15, -0.1) is 11.3 Å². The molecule has 1 aliphatic carbocycles. The molecule has 0 saturated heterocycles. The highest BCUT2D eigenvalue weighted by Crippen LogP contribution is 2.39. The number of hydrogen-bond donors (Lipinski definition) is 3. The lowest BCUT2D eigenvalue weighted by molar-refractivity contribution is -0.120. The van der Waals surface area contributed by atoms with E-state index in [9.17, 15) is 18.0 Å². The van der Waals surface area contributed by atoms with Gasteiger partial charge in [-0.3, -0.25) is 4.79 Å². The molecular formula is C32H42N4O5S2. The van der Waals surface area contributed by atoms with E-state index in [1.54, 1.807) is 45.2 Å². The van der Waals surface area contributed by atoms with Gasteiger partial charge in [0.2, 0.25) is 15.9 Å². The number of sulfonamides is 1. The summed E-state index contributed by atoms with van der Waals surface area (Å²) in [5.74, 6) is 0.0460. The standard InChI is InChI=1S/C32H42N4O5S2/c1-21(2)41-31(38)35-25-14-12-24(13-15-25)30-34-20-27(42-30)26-16-11-23(17-28(26)43(39,40)36-32(3,4)5)18-29(37)33-19-22-9-7-6-8-10-22/h6-11,16-17,20-21,24-25,36H,12-15,18-19H2,1-5H3,(H,33,37)(H,35,38). The largest absolute Gasteiger partial charge is 0.447 e. The Balaban J connectivity index is 1.50. The van der Waals surface area contributed by atoms with Crippen LogP contribution in [0.5, 0.6) is 0 Å². The van der Waals surface area contributed by atoms with Crippen molar-refractivity contribution in [2.45, 2.75) is 102 Å². The molecule has 0 unspecified atom stereocenters. The van der Waals surface area contributed by atoms with E-state index in [0.29, 0.717) is 17.7 Å². The van der Waals surface area contributed by atoms with Crippen LogP contribution in [0.15, 0.2) is 59.6 Å². The van der Waals surface area contributed by atoms with Crippen LogP contribution in [0, 0.1) is 0 Å². The maximum atomic E-state index is 13.6. The van der Waals surface area contributed by atoms with Gasteiger partial charge in [-0.25, -0.2) is 22.9 Å². The summed E-state index contributed by atoms with van der Waals surface area (Å²) >= 11 is 1.50. The van der Waals surface area contributed by atoms with E-state index in [0.717, 1.165) is 41.1 Å². The smallest absolute Gasteiger partial charge is 0.407 e. The third-order valence-corrected chi connectivity index (χ3v) is 9.99. The van der Waals surface area contributed by atoms with Crippen LogP contribution in [-0.4, -0.2) is 43.1 Å². The first-order valence-electron chi connectivity index (χ1n) is 14.7. The average molecular weight is 627 g/mol. The summed E-state index contributed by atoms with van der Waals surface area (Å²) in [6.45, 7) is 9.43. The van der Waals surface area contributed by atoms with Crippen molar-refractivity contribution in [1.29, 1.82) is 0 Å². The minimum Gasteiger partial charge on any atom is -0.447 e. The van der Waals surface area contributed by atoms with Gasteiger partial charge in [0.1, 0.15) is 0 Å². The van der Waals surface area contributed by atoms with Crippen molar-refractivity contribution in [2.24, 2.45) is 0 Å². The molecule has 43 heavy (non-hydrogen) atoms. The molecule has 3 aromatic rings. The fraction of sp³-hybridized carbons (Fsp3) is 0.469. The van der Waals surface area contributed by atoms with Gasteiger partial charge in [0.25, 0.3) is 0 Å². The van der Waals surface area contributed by atoms with Crippen LogP contribution >= 0.6 is 11.3 Å². The van der Waals surface area contributed by atoms with E-state index in [2.05, 4.69) is 15.4 Å². The lowest BCUT2D eigenvalue weighted by Gasteiger charge is -2.28. The zero-order valence-corrected chi connectivity index (χ0v) is 27.1. The number of nitrogens with zero attached hydrogens (tertiary/aromatic N) is 1. The second-order valence-electron chi connectivity index (χ2n) is 12.3. The fourth-order valence-corrected chi connectivity index (χ4v) is 7.99. The topological polar surface area (TPSA) is 126 Å². The van der Waals surface area contributed by atoms with Gasteiger partial charge in [-0.1, -0.05) is 42.5 Å². The summed E-state index contributed by atoms with van der Waals surface area (Å²) in [7, 11) is -3.91. The Labute approximate surface area is 258 Å². The summed E-state index contributed by atoms with van der Waals surface area (Å²) in [6, 6.07) is 14.9. The molecule has 1 aromatic heterocycles.